The topological polar surface area (TPSA) is 86.9 Å². The molecule has 0 saturated carbocycles. The van der Waals surface area contributed by atoms with Gasteiger partial charge in [0.15, 0.2) is 0 Å². The first-order valence-electron chi connectivity index (χ1n) is 5.94. The van der Waals surface area contributed by atoms with Crippen LogP contribution in [0.3, 0.4) is 0 Å². The highest BCUT2D eigenvalue weighted by molar-refractivity contribution is 5.65. The molecule has 7 nitrogen and oxygen atoms in total. The van der Waals surface area contributed by atoms with E-state index in [1.807, 2.05) is 11.9 Å². The highest BCUT2D eigenvalue weighted by atomic mass is 16.6. The zero-order valence-corrected chi connectivity index (χ0v) is 10.5. The van der Waals surface area contributed by atoms with Crippen LogP contribution in [0.25, 0.3) is 0 Å². The summed E-state index contributed by atoms with van der Waals surface area (Å²) in [5, 5.41) is 19.5. The second kappa shape index (κ2) is 5.13. The van der Waals surface area contributed by atoms with Crippen LogP contribution in [0.2, 0.25) is 0 Å². The van der Waals surface area contributed by atoms with E-state index in [0.29, 0.717) is 13.1 Å². The van der Waals surface area contributed by atoms with Crippen molar-refractivity contribution in [2.24, 2.45) is 0 Å². The maximum atomic E-state index is 10.9. The van der Waals surface area contributed by atoms with Crippen LogP contribution in [0.1, 0.15) is 6.42 Å². The summed E-state index contributed by atoms with van der Waals surface area (Å²) in [7, 11) is 1.87. The maximum Gasteiger partial charge on any atom is 0.407 e. The standard InChI is InChI=1S/C12H15N3O4/c1-13(11-6-7-14(8-11)12(16)17)9-2-4-10(5-3-9)15(18)19/h2-5,11H,6-8H2,1H3,(H,16,17). The molecule has 1 heterocycles. The molecule has 1 aliphatic heterocycles. The highest BCUT2D eigenvalue weighted by Crippen LogP contribution is 2.23. The highest BCUT2D eigenvalue weighted by Gasteiger charge is 2.28. The lowest BCUT2D eigenvalue weighted by Crippen LogP contribution is -2.36. The zero-order chi connectivity index (χ0) is 14.0. The lowest BCUT2D eigenvalue weighted by molar-refractivity contribution is -0.384. The molecular weight excluding hydrogens is 250 g/mol. The van der Waals surface area contributed by atoms with Gasteiger partial charge >= 0.3 is 6.09 Å². The van der Waals surface area contributed by atoms with E-state index in [2.05, 4.69) is 0 Å². The second-order valence-corrected chi connectivity index (χ2v) is 4.56. The molecule has 0 radical (unpaired) electrons. The van der Waals surface area contributed by atoms with E-state index >= 15 is 0 Å². The average molecular weight is 265 g/mol. The molecule has 0 spiro atoms. The van der Waals surface area contributed by atoms with Gasteiger partial charge in [-0.2, -0.15) is 0 Å². The molecule has 0 aliphatic carbocycles. The number of non-ortho nitro benzene ring substituents is 1. The van der Waals surface area contributed by atoms with Crippen molar-refractivity contribution in [3.05, 3.63) is 34.4 Å². The van der Waals surface area contributed by atoms with Gasteiger partial charge in [0.25, 0.3) is 5.69 Å². The first-order valence-corrected chi connectivity index (χ1v) is 5.94. The van der Waals surface area contributed by atoms with E-state index < -0.39 is 11.0 Å². The Kier molecular flexibility index (Phi) is 3.55. The number of carboxylic acid groups (broad SMARTS) is 1. The Morgan fingerprint density at radius 3 is 2.58 bits per heavy atom. The Balaban J connectivity index is 2.06. The van der Waals surface area contributed by atoms with E-state index in [1.54, 1.807) is 12.1 Å². The predicted molar refractivity (Wildman–Crippen MR) is 69.5 cm³/mol. The van der Waals surface area contributed by atoms with E-state index in [0.717, 1.165) is 12.1 Å². The number of likely N-dealkylation sites (N-methyl/N-ethyl adjacent to an activating group) is 1. The van der Waals surface area contributed by atoms with E-state index in [-0.39, 0.29) is 11.7 Å². The largest absolute Gasteiger partial charge is 0.465 e. The first kappa shape index (κ1) is 13.1. The molecule has 1 unspecified atom stereocenters. The van der Waals surface area contributed by atoms with Gasteiger partial charge in [0.1, 0.15) is 0 Å². The number of rotatable bonds is 3. The van der Waals surface area contributed by atoms with Gasteiger partial charge in [-0.15, -0.1) is 0 Å². The van der Waals surface area contributed by atoms with Crippen molar-refractivity contribution < 1.29 is 14.8 Å². The van der Waals surface area contributed by atoms with Crippen LogP contribution in [0.15, 0.2) is 24.3 Å². The van der Waals surface area contributed by atoms with Gasteiger partial charge in [0.05, 0.1) is 4.92 Å². The van der Waals surface area contributed by atoms with Crippen LogP contribution >= 0.6 is 0 Å². The number of likely N-dealkylation sites (tertiary alicyclic amines) is 1. The van der Waals surface area contributed by atoms with Crippen LogP contribution in [0.5, 0.6) is 0 Å². The molecular formula is C12H15N3O4. The van der Waals surface area contributed by atoms with Crippen LogP contribution in [-0.2, 0) is 0 Å². The number of carbonyl (C=O) groups is 1. The Morgan fingerprint density at radius 2 is 2.11 bits per heavy atom. The number of benzene rings is 1. The van der Waals surface area contributed by atoms with E-state index in [9.17, 15) is 14.9 Å². The number of anilines is 1. The number of hydrogen-bond donors (Lipinski definition) is 1. The summed E-state index contributed by atoms with van der Waals surface area (Å²) in [6.45, 7) is 0.986. The van der Waals surface area contributed by atoms with Crippen LogP contribution in [0, 0.1) is 10.1 Å². The monoisotopic (exact) mass is 265 g/mol. The van der Waals surface area contributed by atoms with E-state index in [4.69, 9.17) is 5.11 Å². The van der Waals surface area contributed by atoms with Crippen molar-refractivity contribution in [1.29, 1.82) is 0 Å². The lowest BCUT2D eigenvalue weighted by atomic mass is 10.2. The second-order valence-electron chi connectivity index (χ2n) is 4.56. The minimum Gasteiger partial charge on any atom is -0.465 e. The fourth-order valence-corrected chi connectivity index (χ4v) is 2.25. The normalized spacial score (nSPS) is 18.4. The van der Waals surface area contributed by atoms with Gasteiger partial charge < -0.3 is 14.9 Å². The summed E-state index contributed by atoms with van der Waals surface area (Å²) >= 11 is 0. The average Bonchev–Trinajstić information content (AvgIpc) is 2.87. The van der Waals surface area contributed by atoms with Crippen LogP contribution in [0.4, 0.5) is 16.2 Å². The predicted octanol–water partition coefficient (Wildman–Crippen LogP) is 1.78. The summed E-state index contributed by atoms with van der Waals surface area (Å²) in [5.41, 5.74) is 0.901. The molecule has 1 saturated heterocycles. The van der Waals surface area contributed by atoms with Crippen molar-refractivity contribution in [3.63, 3.8) is 0 Å². The van der Waals surface area contributed by atoms with Gasteiger partial charge in [-0.3, -0.25) is 10.1 Å². The fourth-order valence-electron chi connectivity index (χ4n) is 2.25. The summed E-state index contributed by atoms with van der Waals surface area (Å²) in [5.74, 6) is 0. The van der Waals surface area contributed by atoms with Gasteiger partial charge in [-0.25, -0.2) is 4.79 Å². The van der Waals surface area contributed by atoms with Crippen molar-refractivity contribution in [2.45, 2.75) is 12.5 Å². The minimum absolute atomic E-state index is 0.0516. The molecule has 0 bridgehead atoms. The smallest absolute Gasteiger partial charge is 0.407 e. The first-order chi connectivity index (χ1) is 8.99. The number of amides is 1. The quantitative estimate of drug-likeness (QED) is 0.665. The number of hydrogen-bond acceptors (Lipinski definition) is 4. The van der Waals surface area contributed by atoms with E-state index in [1.165, 1.54) is 17.0 Å². The van der Waals surface area contributed by atoms with Crippen LogP contribution in [-0.4, -0.2) is 47.2 Å². The minimum atomic E-state index is -0.903. The SMILES string of the molecule is CN(c1ccc([N+](=O)[O-])cc1)C1CCN(C(=O)O)C1. The fraction of sp³-hybridized carbons (Fsp3) is 0.417. The van der Waals surface area contributed by atoms with Crippen molar-refractivity contribution >= 4 is 17.5 Å². The molecule has 1 fully saturated rings. The molecule has 1 N–H and O–H groups in total. The van der Waals surface area contributed by atoms with Crippen molar-refractivity contribution in [1.82, 2.24) is 4.90 Å². The Hall–Kier alpha value is -2.31. The summed E-state index contributed by atoms with van der Waals surface area (Å²) in [4.78, 5) is 24.3. The van der Waals surface area contributed by atoms with Gasteiger partial charge in [0, 0.05) is 44.0 Å². The summed E-state index contributed by atoms with van der Waals surface area (Å²) < 4.78 is 0. The van der Waals surface area contributed by atoms with Gasteiger partial charge in [-0.1, -0.05) is 0 Å². The molecule has 1 aromatic rings. The molecule has 19 heavy (non-hydrogen) atoms. The number of nitrogens with zero attached hydrogens (tertiary/aromatic N) is 3. The van der Waals surface area contributed by atoms with Crippen molar-refractivity contribution in [2.75, 3.05) is 25.0 Å². The summed E-state index contributed by atoms with van der Waals surface area (Å²) in [6, 6.07) is 6.38. The Labute approximate surface area is 110 Å². The summed E-state index contributed by atoms with van der Waals surface area (Å²) in [6.07, 6.45) is -0.139. The third kappa shape index (κ3) is 2.75. The molecule has 7 heteroatoms. The maximum absolute atomic E-state index is 10.9. The molecule has 2 rings (SSSR count). The third-order valence-electron chi connectivity index (χ3n) is 3.45. The molecule has 0 aromatic heterocycles. The Morgan fingerprint density at radius 1 is 1.47 bits per heavy atom. The lowest BCUT2D eigenvalue weighted by Gasteiger charge is -2.26. The third-order valence-corrected chi connectivity index (χ3v) is 3.45. The van der Waals surface area contributed by atoms with Crippen molar-refractivity contribution in [3.8, 4) is 0 Å². The molecule has 1 atom stereocenters. The molecule has 1 amide bonds. The zero-order valence-electron chi connectivity index (χ0n) is 10.5. The number of nitro groups is 1. The Bertz CT molecular complexity index is 488. The molecule has 102 valence electrons. The van der Waals surface area contributed by atoms with Crippen LogP contribution < -0.4 is 4.90 Å². The van der Waals surface area contributed by atoms with Gasteiger partial charge in [-0.05, 0) is 18.6 Å². The van der Waals surface area contributed by atoms with Gasteiger partial charge in [0.2, 0.25) is 0 Å². The molecule has 1 aliphatic rings. The molecule has 1 aromatic carbocycles. The number of nitro benzene ring substituents is 1.